The highest BCUT2D eigenvalue weighted by Crippen LogP contribution is 2.31. The van der Waals surface area contributed by atoms with Crippen LogP contribution in [0.3, 0.4) is 0 Å². The van der Waals surface area contributed by atoms with Crippen LogP contribution < -0.4 is 0 Å². The van der Waals surface area contributed by atoms with Gasteiger partial charge < -0.3 is 4.90 Å². The lowest BCUT2D eigenvalue weighted by Gasteiger charge is -2.28. The number of halogens is 4. The molecule has 0 aliphatic carbocycles. The van der Waals surface area contributed by atoms with Crippen molar-refractivity contribution in [1.29, 1.82) is 0 Å². The number of alkyl halides is 4. The lowest BCUT2D eigenvalue weighted by molar-refractivity contribution is -0.137. The Balaban J connectivity index is 1.83. The number of piperidine rings is 1. The molecule has 6 nitrogen and oxygen atoms in total. The summed E-state index contributed by atoms with van der Waals surface area (Å²) >= 11 is 6.04. The Morgan fingerprint density at radius 3 is 2.64 bits per heavy atom. The molecule has 0 N–H and O–H groups in total. The van der Waals surface area contributed by atoms with Crippen molar-refractivity contribution in [2.75, 3.05) is 13.1 Å². The lowest BCUT2D eigenvalue weighted by Crippen LogP contribution is -2.37. The molecular weight excluding hydrogens is 395 g/mol. The van der Waals surface area contributed by atoms with Crippen LogP contribution in [-0.2, 0) is 17.5 Å². The third-order valence-electron chi connectivity index (χ3n) is 4.48. The van der Waals surface area contributed by atoms with E-state index in [1.54, 1.807) is 11.8 Å². The molecule has 150 valence electrons. The number of benzene rings is 1. The van der Waals surface area contributed by atoms with Crippen LogP contribution >= 0.6 is 11.6 Å². The molecule has 1 fully saturated rings. The monoisotopic (exact) mass is 413 g/mol. The van der Waals surface area contributed by atoms with Gasteiger partial charge >= 0.3 is 6.18 Å². The van der Waals surface area contributed by atoms with Crippen molar-refractivity contribution in [3.05, 3.63) is 46.8 Å². The summed E-state index contributed by atoms with van der Waals surface area (Å²) in [6.07, 6.45) is -0.118. The molecule has 0 spiro atoms. The zero-order chi connectivity index (χ0) is 20.3. The highest BCUT2D eigenvalue weighted by atomic mass is 35.5. The second-order valence-electron chi connectivity index (χ2n) is 6.61. The predicted molar refractivity (Wildman–Crippen MR) is 97.6 cm³/mol. The topological polar surface area (TPSA) is 63.9 Å². The molecule has 1 aromatic carbocycles. The number of likely N-dealkylation sites (tertiary alicyclic amines) is 1. The number of aromatic nitrogens is 4. The molecule has 0 saturated carbocycles. The Bertz CT molecular complexity index is 872. The molecule has 3 rings (SSSR count). The quantitative estimate of drug-likeness (QED) is 0.570. The summed E-state index contributed by atoms with van der Waals surface area (Å²) in [7, 11) is 0. The number of nitrogens with zero attached hydrogens (tertiary/aromatic N) is 5. The second kappa shape index (κ2) is 8.30. The maximum Gasteiger partial charge on any atom is 0.416 e. The Morgan fingerprint density at radius 1 is 1.32 bits per heavy atom. The van der Waals surface area contributed by atoms with Crippen LogP contribution in [0.5, 0.6) is 0 Å². The van der Waals surface area contributed by atoms with Gasteiger partial charge in [-0.3, -0.25) is 4.79 Å². The summed E-state index contributed by atoms with van der Waals surface area (Å²) in [6, 6.07) is 3.38. The van der Waals surface area contributed by atoms with E-state index in [0.717, 1.165) is 25.0 Å². The molecule has 0 bridgehead atoms. The average molecular weight is 414 g/mol. The number of hydrogen-bond donors (Lipinski definition) is 0. The first-order valence-corrected chi connectivity index (χ1v) is 9.21. The summed E-state index contributed by atoms with van der Waals surface area (Å²) in [6.45, 7) is 2.79. The number of carbonyl (C=O) groups is 1. The van der Waals surface area contributed by atoms with Crippen LogP contribution in [0.4, 0.5) is 13.2 Å². The first kappa shape index (κ1) is 20.3. The molecule has 1 aliphatic heterocycles. The van der Waals surface area contributed by atoms with E-state index < -0.39 is 11.7 Å². The smallest absolute Gasteiger partial charge is 0.339 e. The van der Waals surface area contributed by atoms with Crippen LogP contribution in [0.2, 0.25) is 0 Å². The van der Waals surface area contributed by atoms with Gasteiger partial charge in [0.1, 0.15) is 0 Å². The van der Waals surface area contributed by atoms with E-state index in [1.165, 1.54) is 23.0 Å². The van der Waals surface area contributed by atoms with Gasteiger partial charge in [0, 0.05) is 24.5 Å². The Kier molecular flexibility index (Phi) is 6.02. The molecule has 0 unspecified atom stereocenters. The minimum atomic E-state index is -4.47. The zero-order valence-electron chi connectivity index (χ0n) is 15.2. The average Bonchev–Trinajstić information content (AvgIpc) is 3.05. The van der Waals surface area contributed by atoms with E-state index >= 15 is 0 Å². The third-order valence-corrected chi connectivity index (χ3v) is 4.91. The van der Waals surface area contributed by atoms with E-state index in [-0.39, 0.29) is 17.8 Å². The highest BCUT2D eigenvalue weighted by molar-refractivity contribution is 6.20. The van der Waals surface area contributed by atoms with Crippen molar-refractivity contribution in [2.24, 2.45) is 0 Å². The first-order chi connectivity index (χ1) is 13.2. The van der Waals surface area contributed by atoms with E-state index in [0.29, 0.717) is 30.0 Å². The van der Waals surface area contributed by atoms with Gasteiger partial charge in [0.2, 0.25) is 5.91 Å². The van der Waals surface area contributed by atoms with Crippen molar-refractivity contribution >= 4 is 23.6 Å². The maximum absolute atomic E-state index is 13.1. The Hall–Kier alpha value is -2.42. The molecular formula is C18H19ClF3N5O. The van der Waals surface area contributed by atoms with Gasteiger partial charge in [0.05, 0.1) is 12.1 Å². The summed E-state index contributed by atoms with van der Waals surface area (Å²) < 4.78 is 39.3. The van der Waals surface area contributed by atoms with Crippen LogP contribution in [0, 0.1) is 6.92 Å². The van der Waals surface area contributed by atoms with E-state index in [9.17, 15) is 18.0 Å². The summed E-state index contributed by atoms with van der Waals surface area (Å²) in [5, 5.41) is 11.6. The van der Waals surface area contributed by atoms with Crippen LogP contribution in [0.25, 0.3) is 6.08 Å². The fourth-order valence-electron chi connectivity index (χ4n) is 2.96. The van der Waals surface area contributed by atoms with E-state index in [1.807, 2.05) is 0 Å². The standard InChI is InChI=1S/C18H19ClF3N5O/c1-12-23-25-27(24-12)11-14-10-15(18(20,21)22)4-2-13(14)3-5-17(28)26-8-6-16(19)7-9-26/h2-5,10,16H,6-9,11H2,1H3/b5-3+. The number of rotatable bonds is 4. The summed E-state index contributed by atoms with van der Waals surface area (Å²) in [5.41, 5.74) is 0.0614. The summed E-state index contributed by atoms with van der Waals surface area (Å²) in [5.74, 6) is 0.228. The SMILES string of the molecule is Cc1nnn(Cc2cc(C(F)(F)F)ccc2/C=C/C(=O)N2CCC(Cl)CC2)n1. The molecule has 1 amide bonds. The van der Waals surface area contributed by atoms with Crippen molar-refractivity contribution in [1.82, 2.24) is 25.1 Å². The Labute approximate surface area is 165 Å². The number of carbonyl (C=O) groups excluding carboxylic acids is 1. The maximum atomic E-state index is 13.1. The highest BCUT2D eigenvalue weighted by Gasteiger charge is 2.31. The van der Waals surface area contributed by atoms with Crippen molar-refractivity contribution in [2.45, 2.75) is 37.9 Å². The minimum Gasteiger partial charge on any atom is -0.339 e. The van der Waals surface area contributed by atoms with Gasteiger partial charge in [-0.05, 0) is 54.3 Å². The Morgan fingerprint density at radius 2 is 2.04 bits per heavy atom. The molecule has 1 aliphatic rings. The number of aryl methyl sites for hydroxylation is 1. The van der Waals surface area contributed by atoms with Crippen LogP contribution in [-0.4, -0.2) is 49.5 Å². The molecule has 0 atom stereocenters. The predicted octanol–water partition coefficient (Wildman–Crippen LogP) is 3.29. The number of hydrogen-bond acceptors (Lipinski definition) is 4. The van der Waals surface area contributed by atoms with Gasteiger partial charge in [-0.1, -0.05) is 6.07 Å². The summed E-state index contributed by atoms with van der Waals surface area (Å²) in [4.78, 5) is 15.3. The number of amides is 1. The fourth-order valence-corrected chi connectivity index (χ4v) is 3.15. The third kappa shape index (κ3) is 5.09. The fraction of sp³-hybridized carbons (Fsp3) is 0.444. The van der Waals surface area contributed by atoms with Gasteiger partial charge in [0.15, 0.2) is 5.82 Å². The molecule has 1 aromatic heterocycles. The van der Waals surface area contributed by atoms with Gasteiger partial charge in [-0.2, -0.15) is 18.0 Å². The van der Waals surface area contributed by atoms with Crippen molar-refractivity contribution in [3.63, 3.8) is 0 Å². The molecule has 0 radical (unpaired) electrons. The first-order valence-electron chi connectivity index (χ1n) is 8.78. The zero-order valence-corrected chi connectivity index (χ0v) is 15.9. The number of tetrazole rings is 1. The lowest BCUT2D eigenvalue weighted by atomic mass is 10.0. The van der Waals surface area contributed by atoms with E-state index in [4.69, 9.17) is 11.6 Å². The van der Waals surface area contributed by atoms with E-state index in [2.05, 4.69) is 15.4 Å². The minimum absolute atomic E-state index is 0.0102. The second-order valence-corrected chi connectivity index (χ2v) is 7.23. The van der Waals surface area contributed by atoms with Gasteiger partial charge in [-0.25, -0.2) is 0 Å². The molecule has 2 aromatic rings. The molecule has 2 heterocycles. The van der Waals surface area contributed by atoms with Gasteiger partial charge in [0.25, 0.3) is 0 Å². The molecule has 10 heteroatoms. The van der Waals surface area contributed by atoms with Gasteiger partial charge in [-0.15, -0.1) is 21.8 Å². The normalized spacial score (nSPS) is 16.1. The molecule has 1 saturated heterocycles. The molecule has 28 heavy (non-hydrogen) atoms. The van der Waals surface area contributed by atoms with Crippen molar-refractivity contribution in [3.8, 4) is 0 Å². The van der Waals surface area contributed by atoms with Crippen LogP contribution in [0.15, 0.2) is 24.3 Å². The van der Waals surface area contributed by atoms with Crippen LogP contribution in [0.1, 0.15) is 35.4 Å². The largest absolute Gasteiger partial charge is 0.416 e. The van der Waals surface area contributed by atoms with Crippen molar-refractivity contribution < 1.29 is 18.0 Å².